The summed E-state index contributed by atoms with van der Waals surface area (Å²) in [6, 6.07) is 4.57. The summed E-state index contributed by atoms with van der Waals surface area (Å²) in [5, 5.41) is 10.4. The summed E-state index contributed by atoms with van der Waals surface area (Å²) in [6.45, 7) is 3.69. The fourth-order valence-corrected chi connectivity index (χ4v) is 1.94. The molecular weight excluding hydrogens is 215 g/mol. The van der Waals surface area contributed by atoms with Crippen molar-refractivity contribution in [2.45, 2.75) is 38.7 Å². The number of hydrogen-bond acceptors (Lipinski definition) is 1. The number of aliphatic hydroxyl groups is 1. The Balaban J connectivity index is 2.89. The molecule has 1 atom stereocenters. The lowest BCUT2D eigenvalue weighted by atomic mass is 9.92. The third-order valence-electron chi connectivity index (χ3n) is 2.41. The summed E-state index contributed by atoms with van der Waals surface area (Å²) in [4.78, 5) is 0. The first-order chi connectivity index (χ1) is 6.96. The van der Waals surface area contributed by atoms with Gasteiger partial charge in [-0.1, -0.05) is 31.0 Å². The van der Waals surface area contributed by atoms with Crippen LogP contribution in [0.25, 0.3) is 0 Å². The second kappa shape index (κ2) is 4.95. The molecule has 0 aliphatic heterocycles. The predicted octanol–water partition coefficient (Wildman–Crippen LogP) is 3.57. The molecule has 15 heavy (non-hydrogen) atoms. The van der Waals surface area contributed by atoms with Gasteiger partial charge < -0.3 is 5.11 Å². The second-order valence-electron chi connectivity index (χ2n) is 4.12. The summed E-state index contributed by atoms with van der Waals surface area (Å²) < 4.78 is 13.4. The van der Waals surface area contributed by atoms with Crippen molar-refractivity contribution in [1.29, 1.82) is 0 Å². The fourth-order valence-electron chi connectivity index (χ4n) is 1.71. The molecule has 0 heterocycles. The molecule has 1 unspecified atom stereocenters. The van der Waals surface area contributed by atoms with Crippen molar-refractivity contribution in [3.63, 3.8) is 0 Å². The fraction of sp³-hybridized carbons (Fsp3) is 0.500. The lowest BCUT2D eigenvalue weighted by Crippen LogP contribution is -2.27. The van der Waals surface area contributed by atoms with Gasteiger partial charge in [0, 0.05) is 17.0 Å². The van der Waals surface area contributed by atoms with E-state index in [2.05, 4.69) is 0 Å². The molecule has 3 heteroatoms. The lowest BCUT2D eigenvalue weighted by Gasteiger charge is -2.23. The van der Waals surface area contributed by atoms with Gasteiger partial charge in [-0.25, -0.2) is 4.39 Å². The molecule has 0 aliphatic carbocycles. The zero-order chi connectivity index (χ0) is 11.5. The average molecular weight is 231 g/mol. The molecule has 0 aromatic heterocycles. The van der Waals surface area contributed by atoms with Crippen LogP contribution in [0.3, 0.4) is 0 Å². The molecular formula is C12H16ClFO. The SMILES string of the molecule is CCCC(C)(O)Cc1c(F)cccc1Cl. The average Bonchev–Trinajstić information content (AvgIpc) is 2.11. The van der Waals surface area contributed by atoms with Gasteiger partial charge in [0.15, 0.2) is 0 Å². The van der Waals surface area contributed by atoms with E-state index in [-0.39, 0.29) is 12.2 Å². The third kappa shape index (κ3) is 3.47. The number of benzene rings is 1. The van der Waals surface area contributed by atoms with E-state index in [1.807, 2.05) is 6.92 Å². The second-order valence-corrected chi connectivity index (χ2v) is 4.53. The topological polar surface area (TPSA) is 20.2 Å². The Bertz CT molecular complexity index is 316. The van der Waals surface area contributed by atoms with Gasteiger partial charge >= 0.3 is 0 Å². The Kier molecular flexibility index (Phi) is 4.12. The highest BCUT2D eigenvalue weighted by Gasteiger charge is 2.22. The monoisotopic (exact) mass is 230 g/mol. The molecule has 0 spiro atoms. The van der Waals surface area contributed by atoms with Crippen molar-refractivity contribution in [2.24, 2.45) is 0 Å². The highest BCUT2D eigenvalue weighted by Crippen LogP contribution is 2.26. The van der Waals surface area contributed by atoms with Crippen LogP contribution in [0.15, 0.2) is 18.2 Å². The summed E-state index contributed by atoms with van der Waals surface area (Å²) in [5.74, 6) is -0.348. The zero-order valence-electron chi connectivity index (χ0n) is 9.06. The Morgan fingerprint density at radius 3 is 2.67 bits per heavy atom. The van der Waals surface area contributed by atoms with Crippen molar-refractivity contribution in [3.05, 3.63) is 34.6 Å². The predicted molar refractivity (Wildman–Crippen MR) is 60.6 cm³/mol. The molecule has 0 radical (unpaired) electrons. The van der Waals surface area contributed by atoms with Crippen LogP contribution >= 0.6 is 11.6 Å². The van der Waals surface area contributed by atoms with Crippen LogP contribution in [0.2, 0.25) is 5.02 Å². The summed E-state index contributed by atoms with van der Waals surface area (Å²) in [6.07, 6.45) is 1.75. The summed E-state index contributed by atoms with van der Waals surface area (Å²) in [7, 11) is 0. The van der Waals surface area contributed by atoms with Crippen molar-refractivity contribution in [3.8, 4) is 0 Å². The molecule has 0 aliphatic rings. The van der Waals surface area contributed by atoms with Crippen molar-refractivity contribution in [1.82, 2.24) is 0 Å². The van der Waals surface area contributed by atoms with Crippen molar-refractivity contribution < 1.29 is 9.50 Å². The van der Waals surface area contributed by atoms with Crippen LogP contribution in [0, 0.1) is 5.82 Å². The Labute approximate surface area is 94.9 Å². The van der Waals surface area contributed by atoms with E-state index in [4.69, 9.17) is 11.6 Å². The molecule has 84 valence electrons. The first kappa shape index (κ1) is 12.5. The third-order valence-corrected chi connectivity index (χ3v) is 2.76. The van der Waals surface area contributed by atoms with Crippen LogP contribution in [0.1, 0.15) is 32.3 Å². The van der Waals surface area contributed by atoms with Crippen LogP contribution in [0.4, 0.5) is 4.39 Å². The smallest absolute Gasteiger partial charge is 0.127 e. The minimum Gasteiger partial charge on any atom is -0.390 e. The quantitative estimate of drug-likeness (QED) is 0.839. The van der Waals surface area contributed by atoms with E-state index in [9.17, 15) is 9.50 Å². The van der Waals surface area contributed by atoms with Gasteiger partial charge in [0.2, 0.25) is 0 Å². The summed E-state index contributed by atoms with van der Waals surface area (Å²) in [5.41, 5.74) is -0.488. The molecule has 0 saturated heterocycles. The standard InChI is InChI=1S/C12H16ClFO/c1-3-7-12(2,15)8-9-10(13)5-4-6-11(9)14/h4-6,15H,3,7-8H2,1-2H3. The van der Waals surface area contributed by atoms with Gasteiger partial charge in [-0.3, -0.25) is 0 Å². The van der Waals surface area contributed by atoms with Crippen LogP contribution in [-0.2, 0) is 6.42 Å². The highest BCUT2D eigenvalue weighted by atomic mass is 35.5. The maximum absolute atomic E-state index is 13.4. The van der Waals surface area contributed by atoms with Gasteiger partial charge in [-0.05, 0) is 25.5 Å². The zero-order valence-corrected chi connectivity index (χ0v) is 9.81. The minimum atomic E-state index is -0.888. The van der Waals surface area contributed by atoms with Crippen LogP contribution < -0.4 is 0 Å². The van der Waals surface area contributed by atoms with Gasteiger partial charge in [0.1, 0.15) is 5.82 Å². The molecule has 1 aromatic rings. The van der Waals surface area contributed by atoms with Gasteiger partial charge in [-0.2, -0.15) is 0 Å². The summed E-state index contributed by atoms with van der Waals surface area (Å²) >= 11 is 5.88. The first-order valence-electron chi connectivity index (χ1n) is 5.11. The van der Waals surface area contributed by atoms with Gasteiger partial charge in [0.25, 0.3) is 0 Å². The van der Waals surface area contributed by atoms with E-state index in [0.717, 1.165) is 6.42 Å². The molecule has 1 rings (SSSR count). The van der Waals surface area contributed by atoms with Gasteiger partial charge in [0.05, 0.1) is 5.60 Å². The Hall–Kier alpha value is -0.600. The Morgan fingerprint density at radius 1 is 1.47 bits per heavy atom. The Morgan fingerprint density at radius 2 is 2.13 bits per heavy atom. The maximum atomic E-state index is 13.4. The normalized spacial score (nSPS) is 15.0. The molecule has 1 N–H and O–H groups in total. The number of hydrogen-bond donors (Lipinski definition) is 1. The molecule has 0 amide bonds. The number of halogens is 2. The van der Waals surface area contributed by atoms with Crippen LogP contribution in [0.5, 0.6) is 0 Å². The first-order valence-corrected chi connectivity index (χ1v) is 5.49. The minimum absolute atomic E-state index is 0.256. The molecule has 1 nitrogen and oxygen atoms in total. The largest absolute Gasteiger partial charge is 0.390 e. The maximum Gasteiger partial charge on any atom is 0.127 e. The van der Waals surface area contributed by atoms with Crippen molar-refractivity contribution >= 4 is 11.6 Å². The molecule has 1 aromatic carbocycles. The lowest BCUT2D eigenvalue weighted by molar-refractivity contribution is 0.0497. The molecule has 0 fully saturated rings. The van der Waals surface area contributed by atoms with Crippen molar-refractivity contribution in [2.75, 3.05) is 0 Å². The van der Waals surface area contributed by atoms with E-state index in [0.29, 0.717) is 17.0 Å². The van der Waals surface area contributed by atoms with E-state index >= 15 is 0 Å². The van der Waals surface area contributed by atoms with E-state index < -0.39 is 5.60 Å². The molecule has 0 bridgehead atoms. The molecule has 0 saturated carbocycles. The van der Waals surface area contributed by atoms with Crippen LogP contribution in [-0.4, -0.2) is 10.7 Å². The van der Waals surface area contributed by atoms with E-state index in [1.165, 1.54) is 6.07 Å². The van der Waals surface area contributed by atoms with Gasteiger partial charge in [-0.15, -0.1) is 0 Å². The van der Waals surface area contributed by atoms with E-state index in [1.54, 1.807) is 19.1 Å². The number of rotatable bonds is 4. The highest BCUT2D eigenvalue weighted by molar-refractivity contribution is 6.31.